The fraction of sp³-hybridized carbons (Fsp3) is 0.500. The van der Waals surface area contributed by atoms with Crippen LogP contribution in [0.3, 0.4) is 0 Å². The van der Waals surface area contributed by atoms with Gasteiger partial charge in [0.05, 0.1) is 5.56 Å². The summed E-state index contributed by atoms with van der Waals surface area (Å²) < 4.78 is 5.65. The predicted octanol–water partition coefficient (Wildman–Crippen LogP) is 1.43. The van der Waals surface area contributed by atoms with Gasteiger partial charge in [-0.2, -0.15) is 0 Å². The van der Waals surface area contributed by atoms with Crippen LogP contribution in [-0.2, 0) is 0 Å². The number of piperazine rings is 1. The van der Waals surface area contributed by atoms with Crippen LogP contribution in [0.1, 0.15) is 10.4 Å². The second-order valence-electron chi connectivity index (χ2n) is 3.73. The van der Waals surface area contributed by atoms with Crippen molar-refractivity contribution in [2.75, 3.05) is 33.2 Å². The Morgan fingerprint density at radius 2 is 2.07 bits per heavy atom. The minimum Gasteiger partial charge on any atom is -0.457 e. The fourth-order valence-corrected chi connectivity index (χ4v) is 1.95. The number of halogens is 1. The average molecular weight is 273 g/mol. The first-order chi connectivity index (χ1) is 7.16. The quantitative estimate of drug-likeness (QED) is 0.776. The van der Waals surface area contributed by atoms with Crippen LogP contribution in [0.2, 0.25) is 0 Å². The van der Waals surface area contributed by atoms with E-state index in [2.05, 4.69) is 27.9 Å². The molecule has 0 unspecified atom stereocenters. The normalized spacial score (nSPS) is 18.1. The number of rotatable bonds is 1. The Morgan fingerprint density at radius 1 is 1.40 bits per heavy atom. The van der Waals surface area contributed by atoms with Crippen LogP contribution in [0, 0.1) is 0 Å². The molecular weight excluding hydrogens is 260 g/mol. The lowest BCUT2D eigenvalue weighted by molar-refractivity contribution is 0.0663. The van der Waals surface area contributed by atoms with E-state index in [0.29, 0.717) is 10.2 Å². The van der Waals surface area contributed by atoms with E-state index in [-0.39, 0.29) is 5.91 Å². The summed E-state index contributed by atoms with van der Waals surface area (Å²) in [5.41, 5.74) is 0.617. The largest absolute Gasteiger partial charge is 0.457 e. The van der Waals surface area contributed by atoms with Crippen LogP contribution >= 0.6 is 15.9 Å². The van der Waals surface area contributed by atoms with Crippen molar-refractivity contribution >= 4 is 21.8 Å². The Hall–Kier alpha value is -0.810. The van der Waals surface area contributed by atoms with Gasteiger partial charge in [-0.25, -0.2) is 0 Å². The molecule has 0 bridgehead atoms. The van der Waals surface area contributed by atoms with E-state index >= 15 is 0 Å². The third kappa shape index (κ3) is 2.41. The predicted molar refractivity (Wildman–Crippen MR) is 59.8 cm³/mol. The zero-order valence-corrected chi connectivity index (χ0v) is 10.2. The van der Waals surface area contributed by atoms with Gasteiger partial charge in [0.25, 0.3) is 5.91 Å². The molecule has 5 heteroatoms. The molecule has 1 saturated heterocycles. The van der Waals surface area contributed by atoms with Crippen molar-refractivity contribution < 1.29 is 9.21 Å². The lowest BCUT2D eigenvalue weighted by atomic mass is 10.2. The zero-order chi connectivity index (χ0) is 10.8. The van der Waals surface area contributed by atoms with Crippen molar-refractivity contribution in [2.24, 2.45) is 0 Å². The molecule has 0 aliphatic carbocycles. The third-order valence-corrected chi connectivity index (χ3v) is 3.02. The first-order valence-electron chi connectivity index (χ1n) is 4.88. The molecule has 0 saturated carbocycles. The van der Waals surface area contributed by atoms with Crippen LogP contribution in [-0.4, -0.2) is 48.9 Å². The lowest BCUT2D eigenvalue weighted by Gasteiger charge is -2.32. The molecule has 0 aromatic carbocycles. The molecule has 1 fully saturated rings. The number of hydrogen-bond donors (Lipinski definition) is 0. The standard InChI is InChI=1S/C10H13BrN2O2/c1-12-2-4-13(5-3-12)10(14)8-6-9(11)15-7-8/h6-7H,2-5H2,1H3. The van der Waals surface area contributed by atoms with Crippen LogP contribution < -0.4 is 0 Å². The van der Waals surface area contributed by atoms with E-state index in [1.165, 1.54) is 6.26 Å². The zero-order valence-electron chi connectivity index (χ0n) is 8.57. The summed E-state index contributed by atoms with van der Waals surface area (Å²) in [6.45, 7) is 3.45. The second-order valence-corrected chi connectivity index (χ2v) is 4.52. The number of hydrogen-bond acceptors (Lipinski definition) is 3. The summed E-state index contributed by atoms with van der Waals surface area (Å²) >= 11 is 3.19. The van der Waals surface area contributed by atoms with Gasteiger partial charge in [-0.15, -0.1) is 0 Å². The Bertz CT molecular complexity index is 356. The van der Waals surface area contributed by atoms with Crippen LogP contribution in [0.25, 0.3) is 0 Å². The van der Waals surface area contributed by atoms with E-state index in [9.17, 15) is 4.79 Å². The van der Waals surface area contributed by atoms with Gasteiger partial charge in [0.1, 0.15) is 6.26 Å². The maximum atomic E-state index is 11.9. The van der Waals surface area contributed by atoms with E-state index in [1.807, 2.05) is 4.90 Å². The van der Waals surface area contributed by atoms with Crippen molar-refractivity contribution in [3.05, 3.63) is 22.6 Å². The van der Waals surface area contributed by atoms with Crippen LogP contribution in [0.15, 0.2) is 21.4 Å². The maximum Gasteiger partial charge on any atom is 0.257 e. The summed E-state index contributed by atoms with van der Waals surface area (Å²) in [6.07, 6.45) is 1.49. The van der Waals surface area contributed by atoms with E-state index in [1.54, 1.807) is 6.07 Å². The number of nitrogens with zero attached hydrogens (tertiary/aromatic N) is 2. The van der Waals surface area contributed by atoms with Gasteiger partial charge in [0.2, 0.25) is 0 Å². The van der Waals surface area contributed by atoms with Gasteiger partial charge in [-0.3, -0.25) is 4.79 Å². The molecule has 0 atom stereocenters. The highest BCUT2D eigenvalue weighted by atomic mass is 79.9. The van der Waals surface area contributed by atoms with Gasteiger partial charge >= 0.3 is 0 Å². The molecule has 0 N–H and O–H groups in total. The highest BCUT2D eigenvalue weighted by Gasteiger charge is 2.21. The monoisotopic (exact) mass is 272 g/mol. The molecule has 1 amide bonds. The Balaban J connectivity index is 2.02. The van der Waals surface area contributed by atoms with Crippen molar-refractivity contribution in [1.29, 1.82) is 0 Å². The summed E-state index contributed by atoms with van der Waals surface area (Å²) in [7, 11) is 2.07. The molecular formula is C10H13BrN2O2. The number of amides is 1. The molecule has 2 rings (SSSR count). The molecule has 0 radical (unpaired) electrons. The Kier molecular flexibility index (Phi) is 3.11. The minimum absolute atomic E-state index is 0.0533. The van der Waals surface area contributed by atoms with Gasteiger partial charge in [-0.1, -0.05) is 0 Å². The van der Waals surface area contributed by atoms with Crippen molar-refractivity contribution in [2.45, 2.75) is 0 Å². The molecule has 1 aliphatic heterocycles. The van der Waals surface area contributed by atoms with Crippen molar-refractivity contribution in [3.8, 4) is 0 Å². The molecule has 1 aliphatic rings. The Morgan fingerprint density at radius 3 is 2.60 bits per heavy atom. The molecule has 2 heterocycles. The highest BCUT2D eigenvalue weighted by molar-refractivity contribution is 9.10. The molecule has 4 nitrogen and oxygen atoms in total. The highest BCUT2D eigenvalue weighted by Crippen LogP contribution is 2.16. The maximum absolute atomic E-state index is 11.9. The van der Waals surface area contributed by atoms with E-state index in [0.717, 1.165) is 26.2 Å². The van der Waals surface area contributed by atoms with Crippen molar-refractivity contribution in [1.82, 2.24) is 9.80 Å². The van der Waals surface area contributed by atoms with E-state index in [4.69, 9.17) is 4.42 Å². The first kappa shape index (κ1) is 10.7. The summed E-state index contributed by atoms with van der Waals surface area (Å²) in [5.74, 6) is 0.0533. The summed E-state index contributed by atoms with van der Waals surface area (Å²) in [4.78, 5) is 16.0. The minimum atomic E-state index is 0.0533. The fourth-order valence-electron chi connectivity index (χ4n) is 1.61. The summed E-state index contributed by atoms with van der Waals surface area (Å²) in [6, 6.07) is 1.71. The van der Waals surface area contributed by atoms with Crippen molar-refractivity contribution in [3.63, 3.8) is 0 Å². The first-order valence-corrected chi connectivity index (χ1v) is 5.68. The van der Waals surface area contributed by atoms with Gasteiger partial charge in [0, 0.05) is 32.2 Å². The average Bonchev–Trinajstić information content (AvgIpc) is 2.65. The smallest absolute Gasteiger partial charge is 0.257 e. The van der Waals surface area contributed by atoms with E-state index < -0.39 is 0 Å². The third-order valence-electron chi connectivity index (χ3n) is 2.60. The number of carbonyl (C=O) groups is 1. The second kappa shape index (κ2) is 4.37. The van der Waals surface area contributed by atoms with Gasteiger partial charge < -0.3 is 14.2 Å². The summed E-state index contributed by atoms with van der Waals surface area (Å²) in [5, 5.41) is 0. The molecule has 0 spiro atoms. The topological polar surface area (TPSA) is 36.7 Å². The Labute approximate surface area is 97.0 Å². The number of carbonyl (C=O) groups excluding carboxylic acids is 1. The van der Waals surface area contributed by atoms with Gasteiger partial charge in [-0.05, 0) is 23.0 Å². The molecule has 15 heavy (non-hydrogen) atoms. The molecule has 1 aromatic heterocycles. The molecule has 82 valence electrons. The number of furan rings is 1. The SMILES string of the molecule is CN1CCN(C(=O)c2coc(Br)c2)CC1. The lowest BCUT2D eigenvalue weighted by Crippen LogP contribution is -2.47. The van der Waals surface area contributed by atoms with Gasteiger partial charge in [0.15, 0.2) is 4.67 Å². The van der Waals surface area contributed by atoms with Crippen LogP contribution in [0.4, 0.5) is 0 Å². The molecule has 1 aromatic rings. The number of likely N-dealkylation sites (N-methyl/N-ethyl adjacent to an activating group) is 1. The van der Waals surface area contributed by atoms with Crippen LogP contribution in [0.5, 0.6) is 0 Å².